The molecule has 0 unspecified atom stereocenters. The third kappa shape index (κ3) is 19.5. The first kappa shape index (κ1) is 15.9. The van der Waals surface area contributed by atoms with Gasteiger partial charge >= 0.3 is 0 Å². The lowest BCUT2D eigenvalue weighted by atomic mass is 10.1. The standard InChI is InChI=1S/C12H26O.C2H4O/c1-2-3-4-5-6-7-8-9-10-11-12-13;1-2-3-1/h13H,2-12H2,1H3;1-2H2. The summed E-state index contributed by atoms with van der Waals surface area (Å²) in [7, 11) is 0. The second-order valence-corrected chi connectivity index (χ2v) is 4.52. The van der Waals surface area contributed by atoms with Gasteiger partial charge in [-0.2, -0.15) is 0 Å². The SMILES string of the molecule is C1CO1.CCCCCCCCCCCCO. The first-order chi connectivity index (χ1) is 7.91. The molecule has 0 aliphatic carbocycles. The Hall–Kier alpha value is -0.0800. The maximum atomic E-state index is 8.57. The summed E-state index contributed by atoms with van der Waals surface area (Å²) in [5.41, 5.74) is 0. The van der Waals surface area contributed by atoms with E-state index in [1.165, 1.54) is 57.8 Å². The van der Waals surface area contributed by atoms with Gasteiger partial charge in [0.2, 0.25) is 0 Å². The van der Waals surface area contributed by atoms with E-state index in [0.29, 0.717) is 6.61 Å². The number of hydrogen-bond donors (Lipinski definition) is 1. The molecule has 1 saturated heterocycles. The van der Waals surface area contributed by atoms with Crippen molar-refractivity contribution >= 4 is 0 Å². The molecule has 0 aromatic rings. The van der Waals surface area contributed by atoms with Gasteiger partial charge in [0.15, 0.2) is 0 Å². The zero-order valence-corrected chi connectivity index (χ0v) is 11.0. The van der Waals surface area contributed by atoms with E-state index in [2.05, 4.69) is 11.7 Å². The van der Waals surface area contributed by atoms with Crippen molar-refractivity contribution in [2.75, 3.05) is 19.8 Å². The highest BCUT2D eigenvalue weighted by atomic mass is 16.6. The van der Waals surface area contributed by atoms with Crippen molar-refractivity contribution in [3.05, 3.63) is 0 Å². The molecule has 0 aromatic heterocycles. The molecule has 1 aliphatic rings. The number of unbranched alkanes of at least 4 members (excludes halogenated alkanes) is 9. The molecule has 1 aliphatic heterocycles. The highest BCUT2D eigenvalue weighted by Gasteiger charge is 1.94. The van der Waals surface area contributed by atoms with Crippen LogP contribution < -0.4 is 0 Å². The van der Waals surface area contributed by atoms with Crippen molar-refractivity contribution in [3.8, 4) is 0 Å². The summed E-state index contributed by atoms with van der Waals surface area (Å²) in [5, 5.41) is 8.57. The number of ether oxygens (including phenoxy) is 1. The van der Waals surface area contributed by atoms with Crippen molar-refractivity contribution in [1.29, 1.82) is 0 Å². The van der Waals surface area contributed by atoms with Gasteiger partial charge in [-0.1, -0.05) is 64.7 Å². The van der Waals surface area contributed by atoms with E-state index >= 15 is 0 Å². The van der Waals surface area contributed by atoms with E-state index in [0.717, 1.165) is 19.6 Å². The Morgan fingerprint density at radius 3 is 1.44 bits per heavy atom. The highest BCUT2D eigenvalue weighted by molar-refractivity contribution is 4.46. The Labute approximate surface area is 101 Å². The minimum atomic E-state index is 0.372. The average molecular weight is 230 g/mol. The van der Waals surface area contributed by atoms with Crippen LogP contribution in [0.4, 0.5) is 0 Å². The minimum absolute atomic E-state index is 0.372. The smallest absolute Gasteiger partial charge is 0.0701 e. The second-order valence-electron chi connectivity index (χ2n) is 4.52. The summed E-state index contributed by atoms with van der Waals surface area (Å²) >= 11 is 0. The number of aliphatic hydroxyl groups is 1. The molecule has 2 heteroatoms. The average Bonchev–Trinajstić information content (AvgIpc) is 3.14. The molecule has 0 bridgehead atoms. The van der Waals surface area contributed by atoms with Crippen LogP contribution in [0.5, 0.6) is 0 Å². The fourth-order valence-corrected chi connectivity index (χ4v) is 1.60. The molecule has 16 heavy (non-hydrogen) atoms. The summed E-state index contributed by atoms with van der Waals surface area (Å²) in [6.45, 7) is 4.63. The number of rotatable bonds is 10. The Morgan fingerprint density at radius 2 is 1.12 bits per heavy atom. The fourth-order valence-electron chi connectivity index (χ4n) is 1.60. The molecule has 0 atom stereocenters. The van der Waals surface area contributed by atoms with Crippen molar-refractivity contribution < 1.29 is 9.84 Å². The summed E-state index contributed by atoms with van der Waals surface area (Å²) in [6, 6.07) is 0. The molecule has 1 rings (SSSR count). The molecule has 0 aromatic carbocycles. The van der Waals surface area contributed by atoms with Crippen molar-refractivity contribution in [1.82, 2.24) is 0 Å². The third-order valence-corrected chi connectivity index (χ3v) is 2.72. The second kappa shape index (κ2) is 14.9. The largest absolute Gasteiger partial charge is 0.396 e. The van der Waals surface area contributed by atoms with E-state index in [1.807, 2.05) is 0 Å². The lowest BCUT2D eigenvalue weighted by Gasteiger charge is -2.00. The van der Waals surface area contributed by atoms with Crippen LogP contribution in [0.15, 0.2) is 0 Å². The Balaban J connectivity index is 0.000000635. The lowest BCUT2D eigenvalue weighted by molar-refractivity contribution is 0.282. The predicted molar refractivity (Wildman–Crippen MR) is 69.7 cm³/mol. The van der Waals surface area contributed by atoms with Gasteiger partial charge in [0, 0.05) is 6.61 Å². The van der Waals surface area contributed by atoms with Crippen LogP contribution in [0.1, 0.15) is 71.1 Å². The molecule has 0 radical (unpaired) electrons. The van der Waals surface area contributed by atoms with Crippen molar-refractivity contribution in [2.45, 2.75) is 71.1 Å². The van der Waals surface area contributed by atoms with Gasteiger partial charge in [-0.15, -0.1) is 0 Å². The maximum Gasteiger partial charge on any atom is 0.0701 e. The Bertz CT molecular complexity index is 101. The van der Waals surface area contributed by atoms with E-state index in [-0.39, 0.29) is 0 Å². The molecule has 0 saturated carbocycles. The molecular formula is C14H30O2. The van der Waals surface area contributed by atoms with Crippen LogP contribution >= 0.6 is 0 Å². The monoisotopic (exact) mass is 230 g/mol. The van der Waals surface area contributed by atoms with Crippen LogP contribution in [0, 0.1) is 0 Å². The maximum absolute atomic E-state index is 8.57. The van der Waals surface area contributed by atoms with Gasteiger partial charge in [0.1, 0.15) is 0 Å². The van der Waals surface area contributed by atoms with E-state index in [4.69, 9.17) is 5.11 Å². The van der Waals surface area contributed by atoms with E-state index < -0.39 is 0 Å². The first-order valence-corrected chi connectivity index (χ1v) is 7.10. The normalized spacial score (nSPS) is 13.1. The van der Waals surface area contributed by atoms with Gasteiger partial charge in [-0.05, 0) is 6.42 Å². The molecule has 0 amide bonds. The lowest BCUT2D eigenvalue weighted by Crippen LogP contribution is -1.84. The molecule has 98 valence electrons. The number of epoxide rings is 1. The van der Waals surface area contributed by atoms with Crippen molar-refractivity contribution in [3.63, 3.8) is 0 Å². The van der Waals surface area contributed by atoms with Crippen molar-refractivity contribution in [2.24, 2.45) is 0 Å². The summed E-state index contributed by atoms with van der Waals surface area (Å²) < 4.78 is 4.50. The number of aliphatic hydroxyl groups excluding tert-OH is 1. The molecule has 1 N–H and O–H groups in total. The fraction of sp³-hybridized carbons (Fsp3) is 1.00. The Kier molecular flexibility index (Phi) is 14.8. The minimum Gasteiger partial charge on any atom is -0.396 e. The molecule has 1 fully saturated rings. The highest BCUT2D eigenvalue weighted by Crippen LogP contribution is 2.09. The Morgan fingerprint density at radius 1 is 0.750 bits per heavy atom. The van der Waals surface area contributed by atoms with E-state index in [9.17, 15) is 0 Å². The van der Waals surface area contributed by atoms with Crippen LogP contribution in [0.2, 0.25) is 0 Å². The summed E-state index contributed by atoms with van der Waals surface area (Å²) in [4.78, 5) is 0. The summed E-state index contributed by atoms with van der Waals surface area (Å²) in [5.74, 6) is 0. The van der Waals surface area contributed by atoms with Gasteiger partial charge in [-0.3, -0.25) is 0 Å². The molecule has 2 nitrogen and oxygen atoms in total. The molecule has 0 spiro atoms. The zero-order valence-electron chi connectivity index (χ0n) is 11.0. The third-order valence-electron chi connectivity index (χ3n) is 2.72. The van der Waals surface area contributed by atoms with E-state index in [1.54, 1.807) is 0 Å². The zero-order chi connectivity index (χ0) is 11.9. The van der Waals surface area contributed by atoms with Crippen LogP contribution in [-0.4, -0.2) is 24.9 Å². The van der Waals surface area contributed by atoms with Crippen LogP contribution in [0.3, 0.4) is 0 Å². The van der Waals surface area contributed by atoms with Crippen LogP contribution in [-0.2, 0) is 4.74 Å². The molecule has 1 heterocycles. The van der Waals surface area contributed by atoms with Gasteiger partial charge < -0.3 is 9.84 Å². The first-order valence-electron chi connectivity index (χ1n) is 7.10. The van der Waals surface area contributed by atoms with Gasteiger partial charge in [-0.25, -0.2) is 0 Å². The quantitative estimate of drug-likeness (QED) is 0.456. The predicted octanol–water partition coefficient (Wildman–Crippen LogP) is 3.92. The topological polar surface area (TPSA) is 32.8 Å². The van der Waals surface area contributed by atoms with Gasteiger partial charge in [0.25, 0.3) is 0 Å². The number of hydrogen-bond acceptors (Lipinski definition) is 2. The van der Waals surface area contributed by atoms with Gasteiger partial charge in [0.05, 0.1) is 13.2 Å². The molecular weight excluding hydrogens is 200 g/mol. The van der Waals surface area contributed by atoms with Crippen LogP contribution in [0.25, 0.3) is 0 Å². The summed E-state index contributed by atoms with van der Waals surface area (Å²) in [6.07, 6.45) is 13.3.